The molecule has 0 radical (unpaired) electrons. The molecule has 30 heteroatoms. The van der Waals surface area contributed by atoms with Gasteiger partial charge in [-0.2, -0.15) is 9.97 Å². The van der Waals surface area contributed by atoms with Gasteiger partial charge < -0.3 is 51.7 Å². The van der Waals surface area contributed by atoms with E-state index in [0.717, 1.165) is 167 Å². The molecule has 2 aliphatic carbocycles. The van der Waals surface area contributed by atoms with Crippen LogP contribution in [-0.2, 0) is 25.6 Å². The highest BCUT2D eigenvalue weighted by atomic mass is 16.4. The van der Waals surface area contributed by atoms with Crippen LogP contribution in [0.25, 0.3) is 0 Å². The minimum absolute atomic E-state index is 0.0871. The van der Waals surface area contributed by atoms with E-state index < -0.39 is 59.4 Å². The van der Waals surface area contributed by atoms with E-state index in [1.54, 1.807) is 90.9 Å². The van der Waals surface area contributed by atoms with Gasteiger partial charge >= 0.3 is 5.97 Å². The Hall–Kier alpha value is -13.1. The van der Waals surface area contributed by atoms with E-state index in [0.29, 0.717) is 105 Å². The number of fused-ring (bicyclic) bond motifs is 6. The van der Waals surface area contributed by atoms with Crippen LogP contribution >= 0.6 is 0 Å². The summed E-state index contributed by atoms with van der Waals surface area (Å²) >= 11 is 0. The number of nitrogens with one attached hydrogen (secondary N) is 6. The van der Waals surface area contributed by atoms with Crippen molar-refractivity contribution in [2.45, 2.75) is 191 Å². The van der Waals surface area contributed by atoms with Gasteiger partial charge in [-0.05, 0) is 174 Å². The zero-order chi connectivity index (χ0) is 84.8. The molecule has 4 fully saturated rings. The van der Waals surface area contributed by atoms with Crippen molar-refractivity contribution in [1.29, 1.82) is 0 Å². The summed E-state index contributed by atoms with van der Waals surface area (Å²) in [5.74, 6) is -2.98. The van der Waals surface area contributed by atoms with Crippen molar-refractivity contribution in [2.75, 3.05) is 69.3 Å². The lowest BCUT2D eigenvalue weighted by Crippen LogP contribution is -2.54. The van der Waals surface area contributed by atoms with Gasteiger partial charge in [-0.25, -0.2) is 14.8 Å². The van der Waals surface area contributed by atoms with Crippen LogP contribution in [0.1, 0.15) is 249 Å². The van der Waals surface area contributed by atoms with Crippen LogP contribution in [0.4, 0.5) is 63.3 Å². The predicted octanol–water partition coefficient (Wildman–Crippen LogP) is 13.4. The first-order valence-corrected chi connectivity index (χ1v) is 42.2. The third-order valence-corrected chi connectivity index (χ3v) is 23.6. The number of nitrogens with zero attached hydrogens (tertiary/aromatic N) is 10. The number of para-hydroxylation sites is 2. The number of rotatable bonds is 29. The number of carbonyl (C=O) groups is 12. The van der Waals surface area contributed by atoms with Gasteiger partial charge in [0.25, 0.3) is 41.4 Å². The number of carboxylic acid groups (broad SMARTS) is 1. The first-order valence-electron chi connectivity index (χ1n) is 42.2. The second-order valence-electron chi connectivity index (χ2n) is 31.7. The van der Waals surface area contributed by atoms with Crippen molar-refractivity contribution < 1.29 is 62.6 Å². The molecule has 8 aromatic rings. The molecule has 11 amide bonds. The Morgan fingerprint density at radius 1 is 0.438 bits per heavy atom. The predicted molar refractivity (Wildman–Crippen MR) is 457 cm³/mol. The molecule has 121 heavy (non-hydrogen) atoms. The number of amides is 11. The normalized spacial score (nSPS) is 17.4. The first-order chi connectivity index (χ1) is 58.8. The standard InChI is InChI=1S/C46H50N8O6.C24H23N5O3.C21H28N4O4/c1-52-37-28-48-46(51-40(37)53(32-16-8-9-17-32)35-20-11-10-18-33(35)43(52)58)49-31-23-21-30(22-24-31)41(56)47-27-12-6-4-2-3-5-7-14-29-15-13-19-34-39(29)45(60)54(44(34)59)36-25-26-38(55)50-42(36)57;1-28-20-14-25-24(26-16-12-10-15(11-13-16)23(31)32)27-21(20)29(17-6-2-3-7-17)19-9-5-4-8-18(19)22(28)30;22-12-5-3-1-2-4-6-13-23-15-9-7-8-14-18(15)21(29)25(20(14)28)16-10-11-17(26)24-19(16)27/h10-11,13,15,18-24,28,32,36H,2-9,12,14,16-17,25-27H2,1H3,(H,47,56)(H,48,49,51)(H,50,55,57);4-5,8-14,17H,2-3,6-7H2,1H3,(H,31,32)(H,25,26,27);7-9,16,23H,1-6,10-13,22H2,(H,24,26,27). The Labute approximate surface area is 701 Å². The Morgan fingerprint density at radius 2 is 0.868 bits per heavy atom. The third kappa shape index (κ3) is 18.8. The molecule has 2 aromatic heterocycles. The molecule has 2 saturated heterocycles. The number of hydrogen-bond donors (Lipinski definition) is 8. The fraction of sp³-hybridized carbons (Fsp3) is 0.385. The minimum atomic E-state index is -0.976. The summed E-state index contributed by atoms with van der Waals surface area (Å²) in [5, 5.41) is 26.3. The molecule has 628 valence electrons. The number of imide groups is 4. The van der Waals surface area contributed by atoms with Crippen molar-refractivity contribution in [2.24, 2.45) is 5.73 Å². The summed E-state index contributed by atoms with van der Waals surface area (Å²) in [6.07, 6.45) is 26.7. The van der Waals surface area contributed by atoms with Gasteiger partial charge in [0.15, 0.2) is 11.6 Å². The SMILES string of the molecule is CN1C(=O)c2ccccc2N(C2CCCC2)c2nc(Nc3ccc(C(=O)NCCCCCCCCCc4cccc5c4C(=O)N(C4CCC(=O)NC4=O)C5=O)cc3)ncc21.CN1C(=O)c2ccccc2N(C2CCCC2)c2nc(Nc3ccc(C(=O)O)cc3)ncc21.NCCCCCCCCNc1cccc2c1C(=O)N(C1CCC(=O)NC1=O)C2=O. The molecule has 16 rings (SSSR count). The Morgan fingerprint density at radius 3 is 1.36 bits per heavy atom. The van der Waals surface area contributed by atoms with Gasteiger partial charge in [0, 0.05) is 74.7 Å². The van der Waals surface area contributed by atoms with Crippen molar-refractivity contribution in [3.05, 3.63) is 196 Å². The molecule has 0 bridgehead atoms. The molecule has 2 atom stereocenters. The summed E-state index contributed by atoms with van der Waals surface area (Å²) in [6, 6.07) is 38.0. The van der Waals surface area contributed by atoms with E-state index in [-0.39, 0.29) is 67.0 Å². The molecule has 8 heterocycles. The number of unbranched alkanes of at least 4 members (excludes halogenated alkanes) is 11. The topological polar surface area (TPSA) is 394 Å². The van der Waals surface area contributed by atoms with Gasteiger partial charge in [-0.15, -0.1) is 0 Å². The smallest absolute Gasteiger partial charge is 0.335 e. The highest BCUT2D eigenvalue weighted by Crippen LogP contribution is 2.46. The van der Waals surface area contributed by atoms with Gasteiger partial charge in [-0.1, -0.05) is 126 Å². The second kappa shape index (κ2) is 38.7. The van der Waals surface area contributed by atoms with Crippen LogP contribution < -0.4 is 57.2 Å². The average molecular weight is 1640 g/mol. The van der Waals surface area contributed by atoms with Crippen LogP contribution in [0.3, 0.4) is 0 Å². The van der Waals surface area contributed by atoms with Gasteiger partial charge in [0.2, 0.25) is 35.5 Å². The number of hydrogen-bond acceptors (Lipinski definition) is 22. The van der Waals surface area contributed by atoms with Crippen LogP contribution in [0.5, 0.6) is 0 Å². The largest absolute Gasteiger partial charge is 0.478 e. The van der Waals surface area contributed by atoms with Gasteiger partial charge in [0.05, 0.1) is 62.7 Å². The number of benzene rings is 6. The molecule has 30 nitrogen and oxygen atoms in total. The number of aryl methyl sites for hydroxylation is 1. The first kappa shape index (κ1) is 84.3. The highest BCUT2D eigenvalue weighted by Gasteiger charge is 2.48. The van der Waals surface area contributed by atoms with Crippen molar-refractivity contribution in [3.8, 4) is 0 Å². The molecule has 8 aliphatic rings. The van der Waals surface area contributed by atoms with E-state index in [1.165, 1.54) is 18.6 Å². The lowest BCUT2D eigenvalue weighted by atomic mass is 9.97. The van der Waals surface area contributed by atoms with E-state index in [2.05, 4.69) is 51.7 Å². The lowest BCUT2D eigenvalue weighted by Gasteiger charge is -2.31. The maximum absolute atomic E-state index is 13.5. The van der Waals surface area contributed by atoms with Crippen molar-refractivity contribution in [3.63, 3.8) is 0 Å². The Bertz CT molecular complexity index is 5280. The highest BCUT2D eigenvalue weighted by molar-refractivity contribution is 6.26. The molecule has 0 spiro atoms. The van der Waals surface area contributed by atoms with Gasteiger partial charge in [0.1, 0.15) is 23.5 Å². The summed E-state index contributed by atoms with van der Waals surface area (Å²) < 4.78 is 0. The summed E-state index contributed by atoms with van der Waals surface area (Å²) in [6.45, 7) is 2.03. The Kier molecular flexibility index (Phi) is 27.0. The van der Waals surface area contributed by atoms with Crippen LogP contribution in [0.2, 0.25) is 0 Å². The molecule has 6 aromatic carbocycles. The number of aromatic nitrogens is 4. The van der Waals surface area contributed by atoms with Crippen molar-refractivity contribution >= 4 is 134 Å². The zero-order valence-corrected chi connectivity index (χ0v) is 68.1. The number of carbonyl (C=O) groups excluding carboxylic acids is 11. The number of carboxylic acids is 1. The van der Waals surface area contributed by atoms with Gasteiger partial charge in [-0.3, -0.25) is 73.2 Å². The van der Waals surface area contributed by atoms with E-state index in [4.69, 9.17) is 20.8 Å². The molecule has 2 unspecified atom stereocenters. The fourth-order valence-electron chi connectivity index (χ4n) is 17.2. The Balaban J connectivity index is 0.000000164. The zero-order valence-electron chi connectivity index (χ0n) is 68.1. The second-order valence-corrected chi connectivity index (χ2v) is 31.7. The van der Waals surface area contributed by atoms with Crippen LogP contribution in [0, 0.1) is 0 Å². The summed E-state index contributed by atoms with van der Waals surface area (Å²) in [5.41, 5.74) is 14.8. The number of piperidine rings is 2. The average Bonchev–Trinajstić information content (AvgIpc) is 1.61. The summed E-state index contributed by atoms with van der Waals surface area (Å²) in [7, 11) is 3.51. The molecule has 2 saturated carbocycles. The quantitative estimate of drug-likeness (QED) is 0.0159. The van der Waals surface area contributed by atoms with Crippen LogP contribution in [-0.4, -0.2) is 164 Å². The maximum atomic E-state index is 13.5. The number of aromatic carboxylic acids is 1. The minimum Gasteiger partial charge on any atom is -0.478 e. The number of anilines is 11. The maximum Gasteiger partial charge on any atom is 0.335 e. The van der Waals surface area contributed by atoms with E-state index >= 15 is 0 Å². The van der Waals surface area contributed by atoms with E-state index in [1.807, 2.05) is 66.7 Å². The molecular formula is C91H101N17O13. The van der Waals surface area contributed by atoms with Crippen LogP contribution in [0.15, 0.2) is 146 Å². The monoisotopic (exact) mass is 1640 g/mol. The fourth-order valence-corrected chi connectivity index (χ4v) is 17.2. The molecule has 6 aliphatic heterocycles. The third-order valence-electron chi connectivity index (χ3n) is 23.6. The molecule has 9 N–H and O–H groups in total. The summed E-state index contributed by atoms with van der Waals surface area (Å²) in [4.78, 5) is 179. The van der Waals surface area contributed by atoms with Crippen molar-refractivity contribution in [1.82, 2.24) is 45.7 Å². The molecular weight excluding hydrogens is 1540 g/mol. The lowest BCUT2D eigenvalue weighted by molar-refractivity contribution is -0.137. The van der Waals surface area contributed by atoms with E-state index in [9.17, 15) is 57.5 Å². The number of nitrogens with two attached hydrogens (primary N) is 1.